The summed E-state index contributed by atoms with van der Waals surface area (Å²) in [5.74, 6) is -0.101. The number of carbonyl (C=O) groups is 1. The van der Waals surface area contributed by atoms with Gasteiger partial charge in [0.2, 0.25) is 0 Å². The molecule has 0 spiro atoms. The lowest BCUT2D eigenvalue weighted by atomic mass is 10.0. The largest absolute Gasteiger partial charge is 0.380 e. The minimum atomic E-state index is -0.102. The molecule has 1 atom stereocenters. The van der Waals surface area contributed by atoms with E-state index in [1.807, 2.05) is 49.4 Å². The zero-order chi connectivity index (χ0) is 18.4. The number of hydrogen-bond donors (Lipinski definition) is 1. The second kappa shape index (κ2) is 8.36. The number of nitrogens with zero attached hydrogens (tertiary/aromatic N) is 2. The minimum Gasteiger partial charge on any atom is -0.380 e. The Labute approximate surface area is 153 Å². The third-order valence-corrected chi connectivity index (χ3v) is 4.15. The quantitative estimate of drug-likeness (QED) is 0.737. The Morgan fingerprint density at radius 1 is 1.08 bits per heavy atom. The van der Waals surface area contributed by atoms with Crippen LogP contribution in [0.4, 0.5) is 0 Å². The topological polar surface area (TPSA) is 64.1 Å². The number of carbonyl (C=O) groups excluding carboxylic acids is 1. The van der Waals surface area contributed by atoms with Crippen molar-refractivity contribution in [3.63, 3.8) is 0 Å². The molecule has 1 amide bonds. The minimum absolute atomic E-state index is 0.101. The van der Waals surface area contributed by atoms with Crippen LogP contribution in [0.5, 0.6) is 0 Å². The average molecular weight is 347 g/mol. The van der Waals surface area contributed by atoms with E-state index in [1.165, 1.54) is 6.33 Å². The summed E-state index contributed by atoms with van der Waals surface area (Å²) in [6, 6.07) is 15.4. The molecule has 3 rings (SSSR count). The fourth-order valence-corrected chi connectivity index (χ4v) is 2.74. The van der Waals surface area contributed by atoms with Gasteiger partial charge in [0.1, 0.15) is 6.33 Å². The first-order chi connectivity index (χ1) is 12.7. The maximum absolute atomic E-state index is 12.5. The molecule has 26 heavy (non-hydrogen) atoms. The number of rotatable bonds is 6. The second-order valence-electron chi connectivity index (χ2n) is 6.08. The molecule has 1 N–H and O–H groups in total. The molecule has 0 fully saturated rings. The molecule has 2 aromatic carbocycles. The number of methoxy groups -OCH3 is 1. The maximum Gasteiger partial charge on any atom is 0.251 e. The fourth-order valence-electron chi connectivity index (χ4n) is 2.74. The molecule has 0 aliphatic rings. The van der Waals surface area contributed by atoms with Crippen LogP contribution in [0, 0.1) is 0 Å². The van der Waals surface area contributed by atoms with Crippen molar-refractivity contribution in [1.29, 1.82) is 0 Å². The summed E-state index contributed by atoms with van der Waals surface area (Å²) in [6.45, 7) is 2.46. The lowest BCUT2D eigenvalue weighted by Crippen LogP contribution is -2.26. The number of amides is 1. The van der Waals surface area contributed by atoms with Crippen molar-refractivity contribution in [2.45, 2.75) is 19.6 Å². The van der Waals surface area contributed by atoms with Crippen molar-refractivity contribution >= 4 is 5.91 Å². The monoisotopic (exact) mass is 347 g/mol. The molecule has 1 heterocycles. The van der Waals surface area contributed by atoms with E-state index in [1.54, 1.807) is 25.6 Å². The van der Waals surface area contributed by atoms with Crippen molar-refractivity contribution in [2.24, 2.45) is 0 Å². The lowest BCUT2D eigenvalue weighted by molar-refractivity contribution is 0.0939. The number of benzene rings is 2. The highest BCUT2D eigenvalue weighted by atomic mass is 16.5. The van der Waals surface area contributed by atoms with Gasteiger partial charge in [0.05, 0.1) is 12.6 Å². The third kappa shape index (κ3) is 4.32. The molecular formula is C21H21N3O2. The first-order valence-electron chi connectivity index (χ1n) is 8.41. The number of hydrogen-bond acceptors (Lipinski definition) is 4. The van der Waals surface area contributed by atoms with Gasteiger partial charge in [-0.05, 0) is 35.7 Å². The van der Waals surface area contributed by atoms with Crippen molar-refractivity contribution in [3.8, 4) is 11.1 Å². The predicted molar refractivity (Wildman–Crippen MR) is 101 cm³/mol. The standard InChI is InChI=1S/C21H21N3O2/c1-15(24-21(25)19-5-3-4-16(10-19)13-26-2)17-6-8-18(9-7-17)20-11-22-14-23-12-20/h3-12,14-15H,13H2,1-2H3,(H,24,25)/t15-/m1/s1. The van der Waals surface area contributed by atoms with E-state index < -0.39 is 0 Å². The summed E-state index contributed by atoms with van der Waals surface area (Å²) in [7, 11) is 1.64. The van der Waals surface area contributed by atoms with E-state index in [9.17, 15) is 4.79 Å². The van der Waals surface area contributed by atoms with E-state index in [0.29, 0.717) is 12.2 Å². The highest BCUT2D eigenvalue weighted by Crippen LogP contribution is 2.21. The smallest absolute Gasteiger partial charge is 0.251 e. The van der Waals surface area contributed by atoms with E-state index in [4.69, 9.17) is 4.74 Å². The summed E-state index contributed by atoms with van der Waals surface area (Å²) >= 11 is 0. The van der Waals surface area contributed by atoms with Gasteiger partial charge in [-0.25, -0.2) is 9.97 Å². The van der Waals surface area contributed by atoms with Gasteiger partial charge in [0.15, 0.2) is 0 Å². The van der Waals surface area contributed by atoms with Gasteiger partial charge in [0.25, 0.3) is 5.91 Å². The molecule has 132 valence electrons. The van der Waals surface area contributed by atoms with E-state index in [-0.39, 0.29) is 11.9 Å². The third-order valence-electron chi connectivity index (χ3n) is 4.15. The molecule has 0 aliphatic heterocycles. The Morgan fingerprint density at radius 2 is 1.81 bits per heavy atom. The molecule has 0 saturated carbocycles. The Morgan fingerprint density at radius 3 is 2.50 bits per heavy atom. The first kappa shape index (κ1) is 17.8. The lowest BCUT2D eigenvalue weighted by Gasteiger charge is -2.15. The molecule has 0 saturated heterocycles. The summed E-state index contributed by atoms with van der Waals surface area (Å²) in [5.41, 5.74) is 4.64. The van der Waals surface area contributed by atoms with Crippen LogP contribution in [0.15, 0.2) is 67.3 Å². The van der Waals surface area contributed by atoms with E-state index >= 15 is 0 Å². The fraction of sp³-hybridized carbons (Fsp3) is 0.190. The van der Waals surface area contributed by atoms with Gasteiger partial charge in [-0.1, -0.05) is 36.4 Å². The van der Waals surface area contributed by atoms with Crippen LogP contribution in [0.1, 0.15) is 34.5 Å². The van der Waals surface area contributed by atoms with Gasteiger partial charge in [-0.2, -0.15) is 0 Å². The number of ether oxygens (including phenoxy) is 1. The van der Waals surface area contributed by atoms with Crippen LogP contribution in [-0.4, -0.2) is 23.0 Å². The van der Waals surface area contributed by atoms with E-state index in [0.717, 1.165) is 22.3 Å². The number of nitrogens with one attached hydrogen (secondary N) is 1. The molecule has 0 bridgehead atoms. The van der Waals surface area contributed by atoms with Gasteiger partial charge >= 0.3 is 0 Å². The van der Waals surface area contributed by atoms with Gasteiger partial charge in [-0.3, -0.25) is 4.79 Å². The Hall–Kier alpha value is -3.05. The average Bonchev–Trinajstić information content (AvgIpc) is 2.69. The van der Waals surface area contributed by atoms with Crippen LogP contribution in [0.25, 0.3) is 11.1 Å². The van der Waals surface area contributed by atoms with Crippen molar-refractivity contribution in [2.75, 3.05) is 7.11 Å². The maximum atomic E-state index is 12.5. The van der Waals surface area contributed by atoms with Gasteiger partial charge < -0.3 is 10.1 Å². The van der Waals surface area contributed by atoms with Crippen molar-refractivity contribution in [1.82, 2.24) is 15.3 Å². The summed E-state index contributed by atoms with van der Waals surface area (Å²) in [5, 5.41) is 3.04. The summed E-state index contributed by atoms with van der Waals surface area (Å²) < 4.78 is 5.12. The Balaban J connectivity index is 1.68. The molecule has 0 aliphatic carbocycles. The Bertz CT molecular complexity index is 864. The second-order valence-corrected chi connectivity index (χ2v) is 6.08. The van der Waals surface area contributed by atoms with Crippen LogP contribution < -0.4 is 5.32 Å². The zero-order valence-electron chi connectivity index (χ0n) is 14.8. The SMILES string of the molecule is COCc1cccc(C(=O)N[C@H](C)c2ccc(-c3cncnc3)cc2)c1. The summed E-state index contributed by atoms with van der Waals surface area (Å²) in [6.07, 6.45) is 5.07. The number of aromatic nitrogens is 2. The zero-order valence-corrected chi connectivity index (χ0v) is 14.8. The molecule has 1 aromatic heterocycles. The highest BCUT2D eigenvalue weighted by Gasteiger charge is 2.12. The Kier molecular flexibility index (Phi) is 5.71. The molecule has 0 radical (unpaired) electrons. The van der Waals surface area contributed by atoms with Crippen molar-refractivity contribution in [3.05, 3.63) is 83.9 Å². The first-order valence-corrected chi connectivity index (χ1v) is 8.41. The van der Waals surface area contributed by atoms with Crippen LogP contribution in [0.3, 0.4) is 0 Å². The van der Waals surface area contributed by atoms with Crippen molar-refractivity contribution < 1.29 is 9.53 Å². The molecule has 3 aromatic rings. The van der Waals surface area contributed by atoms with Crippen LogP contribution in [0.2, 0.25) is 0 Å². The molecular weight excluding hydrogens is 326 g/mol. The van der Waals surface area contributed by atoms with Gasteiger partial charge in [0, 0.05) is 30.6 Å². The molecule has 0 unspecified atom stereocenters. The predicted octanol–water partition coefficient (Wildman–Crippen LogP) is 3.78. The summed E-state index contributed by atoms with van der Waals surface area (Å²) in [4.78, 5) is 20.6. The van der Waals surface area contributed by atoms with Gasteiger partial charge in [-0.15, -0.1) is 0 Å². The van der Waals surface area contributed by atoms with Crippen LogP contribution in [-0.2, 0) is 11.3 Å². The highest BCUT2D eigenvalue weighted by molar-refractivity contribution is 5.94. The van der Waals surface area contributed by atoms with E-state index in [2.05, 4.69) is 15.3 Å². The molecule has 5 nitrogen and oxygen atoms in total. The molecule has 5 heteroatoms. The normalized spacial score (nSPS) is 11.8. The van der Waals surface area contributed by atoms with Crippen LogP contribution >= 0.6 is 0 Å².